The number of benzene rings is 1. The maximum absolute atomic E-state index is 4.38. The molecule has 2 N–H and O–H groups in total. The molecule has 3 heteroatoms. The van der Waals surface area contributed by atoms with Crippen molar-refractivity contribution in [2.45, 2.75) is 33.4 Å². The van der Waals surface area contributed by atoms with Crippen LogP contribution in [0.2, 0.25) is 0 Å². The zero-order chi connectivity index (χ0) is 12.3. The maximum atomic E-state index is 4.38. The standard InChI is InChI=1S/C14H19N3/c1-10(2)15-9-14-16-8-13(17-14)12-6-4-5-11(3)7-12/h4-8,10,15H,9H2,1-3H3,(H,16,17). The van der Waals surface area contributed by atoms with Crippen LogP contribution in [-0.2, 0) is 6.54 Å². The van der Waals surface area contributed by atoms with Gasteiger partial charge in [-0.15, -0.1) is 0 Å². The number of nitrogens with one attached hydrogen (secondary N) is 2. The second-order valence-electron chi connectivity index (χ2n) is 4.65. The van der Waals surface area contributed by atoms with Gasteiger partial charge in [0, 0.05) is 6.04 Å². The average Bonchev–Trinajstić information content (AvgIpc) is 2.75. The molecule has 0 aliphatic rings. The van der Waals surface area contributed by atoms with E-state index in [0.29, 0.717) is 6.04 Å². The third-order valence-corrected chi connectivity index (χ3v) is 2.64. The molecule has 0 radical (unpaired) electrons. The Bertz CT molecular complexity index is 486. The van der Waals surface area contributed by atoms with Gasteiger partial charge in [0.15, 0.2) is 0 Å². The lowest BCUT2D eigenvalue weighted by Gasteiger charge is -2.05. The second kappa shape index (κ2) is 5.15. The number of aryl methyl sites for hydroxylation is 1. The molecule has 0 amide bonds. The Morgan fingerprint density at radius 1 is 1.35 bits per heavy atom. The zero-order valence-corrected chi connectivity index (χ0v) is 10.6. The van der Waals surface area contributed by atoms with Crippen LogP contribution in [0.25, 0.3) is 11.3 Å². The lowest BCUT2D eigenvalue weighted by atomic mass is 10.1. The third-order valence-electron chi connectivity index (χ3n) is 2.64. The van der Waals surface area contributed by atoms with Gasteiger partial charge in [-0.3, -0.25) is 0 Å². The largest absolute Gasteiger partial charge is 0.341 e. The Balaban J connectivity index is 2.12. The molecule has 2 aromatic rings. The van der Waals surface area contributed by atoms with Gasteiger partial charge in [0.25, 0.3) is 0 Å². The number of aromatic amines is 1. The Hall–Kier alpha value is -1.61. The van der Waals surface area contributed by atoms with E-state index >= 15 is 0 Å². The van der Waals surface area contributed by atoms with Crippen molar-refractivity contribution in [2.24, 2.45) is 0 Å². The van der Waals surface area contributed by atoms with Crippen molar-refractivity contribution in [3.05, 3.63) is 41.9 Å². The lowest BCUT2D eigenvalue weighted by Crippen LogP contribution is -2.22. The Labute approximate surface area is 102 Å². The van der Waals surface area contributed by atoms with E-state index in [1.807, 2.05) is 6.20 Å². The molecule has 1 heterocycles. The molecule has 1 aromatic carbocycles. The van der Waals surface area contributed by atoms with Crippen LogP contribution in [0.3, 0.4) is 0 Å². The zero-order valence-electron chi connectivity index (χ0n) is 10.6. The first kappa shape index (κ1) is 11.9. The first-order valence-electron chi connectivity index (χ1n) is 5.99. The van der Waals surface area contributed by atoms with Gasteiger partial charge in [-0.25, -0.2) is 4.98 Å². The van der Waals surface area contributed by atoms with Crippen molar-refractivity contribution in [1.29, 1.82) is 0 Å². The molecule has 0 aliphatic heterocycles. The van der Waals surface area contributed by atoms with Gasteiger partial charge < -0.3 is 10.3 Å². The summed E-state index contributed by atoms with van der Waals surface area (Å²) in [5.41, 5.74) is 3.53. The van der Waals surface area contributed by atoms with Crippen molar-refractivity contribution in [3.63, 3.8) is 0 Å². The quantitative estimate of drug-likeness (QED) is 0.846. The topological polar surface area (TPSA) is 40.7 Å². The highest BCUT2D eigenvalue weighted by atomic mass is 15.0. The minimum atomic E-state index is 0.475. The van der Waals surface area contributed by atoms with Gasteiger partial charge in [-0.1, -0.05) is 37.6 Å². The molecule has 3 nitrogen and oxygen atoms in total. The number of rotatable bonds is 4. The fourth-order valence-corrected chi connectivity index (χ4v) is 1.71. The van der Waals surface area contributed by atoms with E-state index in [2.05, 4.69) is 60.3 Å². The van der Waals surface area contributed by atoms with E-state index in [0.717, 1.165) is 18.1 Å². The summed E-state index contributed by atoms with van der Waals surface area (Å²) in [6, 6.07) is 8.90. The molecule has 0 aliphatic carbocycles. The Morgan fingerprint density at radius 3 is 2.88 bits per heavy atom. The summed E-state index contributed by atoms with van der Waals surface area (Å²) in [5.74, 6) is 0.982. The molecule has 17 heavy (non-hydrogen) atoms. The summed E-state index contributed by atoms with van der Waals surface area (Å²) in [6.45, 7) is 7.14. The second-order valence-corrected chi connectivity index (χ2v) is 4.65. The van der Waals surface area contributed by atoms with Gasteiger partial charge in [-0.05, 0) is 18.6 Å². The van der Waals surface area contributed by atoms with Crippen molar-refractivity contribution in [2.75, 3.05) is 0 Å². The highest BCUT2D eigenvalue weighted by molar-refractivity contribution is 5.59. The number of hydrogen-bond acceptors (Lipinski definition) is 2. The summed E-state index contributed by atoms with van der Waals surface area (Å²) in [5, 5.41) is 3.34. The minimum Gasteiger partial charge on any atom is -0.341 e. The summed E-state index contributed by atoms with van der Waals surface area (Å²) in [4.78, 5) is 7.71. The van der Waals surface area contributed by atoms with Crippen molar-refractivity contribution < 1.29 is 0 Å². The first-order valence-corrected chi connectivity index (χ1v) is 5.99. The Kier molecular flexibility index (Phi) is 3.59. The van der Waals surface area contributed by atoms with Gasteiger partial charge in [0.2, 0.25) is 0 Å². The monoisotopic (exact) mass is 229 g/mol. The molecule has 0 fully saturated rings. The summed E-state index contributed by atoms with van der Waals surface area (Å²) >= 11 is 0. The van der Waals surface area contributed by atoms with Crippen LogP contribution in [0.5, 0.6) is 0 Å². The van der Waals surface area contributed by atoms with Gasteiger partial charge in [-0.2, -0.15) is 0 Å². The van der Waals surface area contributed by atoms with Crippen LogP contribution in [-0.4, -0.2) is 16.0 Å². The van der Waals surface area contributed by atoms with E-state index in [4.69, 9.17) is 0 Å². The molecule has 0 atom stereocenters. The SMILES string of the molecule is Cc1cccc(-c2cnc(CNC(C)C)[nH]2)c1. The molecule has 1 aromatic heterocycles. The number of imidazole rings is 1. The van der Waals surface area contributed by atoms with E-state index in [1.54, 1.807) is 0 Å². The van der Waals surface area contributed by atoms with E-state index in [9.17, 15) is 0 Å². The molecule has 0 saturated carbocycles. The summed E-state index contributed by atoms with van der Waals surface area (Å²) < 4.78 is 0. The number of nitrogens with zero attached hydrogens (tertiary/aromatic N) is 1. The molecule has 0 bridgehead atoms. The van der Waals surface area contributed by atoms with E-state index in [-0.39, 0.29) is 0 Å². The van der Waals surface area contributed by atoms with E-state index < -0.39 is 0 Å². The van der Waals surface area contributed by atoms with Crippen molar-refractivity contribution in [1.82, 2.24) is 15.3 Å². The molecule has 90 valence electrons. The lowest BCUT2D eigenvalue weighted by molar-refractivity contribution is 0.575. The minimum absolute atomic E-state index is 0.475. The molecular formula is C14H19N3. The summed E-state index contributed by atoms with van der Waals surface area (Å²) in [6.07, 6.45) is 1.89. The van der Waals surface area contributed by atoms with Crippen LogP contribution in [0.4, 0.5) is 0 Å². The fourth-order valence-electron chi connectivity index (χ4n) is 1.71. The Morgan fingerprint density at radius 2 is 2.18 bits per heavy atom. The number of H-pyrrole nitrogens is 1. The molecular weight excluding hydrogens is 210 g/mol. The van der Waals surface area contributed by atoms with Crippen LogP contribution in [0, 0.1) is 6.92 Å². The molecule has 0 spiro atoms. The highest BCUT2D eigenvalue weighted by Gasteiger charge is 2.03. The van der Waals surface area contributed by atoms with Gasteiger partial charge in [0.1, 0.15) is 5.82 Å². The van der Waals surface area contributed by atoms with Crippen LogP contribution >= 0.6 is 0 Å². The highest BCUT2D eigenvalue weighted by Crippen LogP contribution is 2.17. The van der Waals surface area contributed by atoms with E-state index in [1.165, 1.54) is 11.1 Å². The number of hydrogen-bond donors (Lipinski definition) is 2. The smallest absolute Gasteiger partial charge is 0.120 e. The predicted octanol–water partition coefficient (Wildman–Crippen LogP) is 2.88. The van der Waals surface area contributed by atoms with Crippen molar-refractivity contribution in [3.8, 4) is 11.3 Å². The normalized spacial score (nSPS) is 11.1. The maximum Gasteiger partial charge on any atom is 0.120 e. The van der Waals surface area contributed by atoms with Crippen LogP contribution in [0.15, 0.2) is 30.5 Å². The average molecular weight is 229 g/mol. The summed E-state index contributed by atoms with van der Waals surface area (Å²) in [7, 11) is 0. The first-order chi connectivity index (χ1) is 8.15. The van der Waals surface area contributed by atoms with Gasteiger partial charge in [0.05, 0.1) is 18.4 Å². The fraction of sp³-hybridized carbons (Fsp3) is 0.357. The van der Waals surface area contributed by atoms with Gasteiger partial charge >= 0.3 is 0 Å². The van der Waals surface area contributed by atoms with Crippen LogP contribution in [0.1, 0.15) is 25.2 Å². The molecule has 0 unspecified atom stereocenters. The van der Waals surface area contributed by atoms with Crippen LogP contribution < -0.4 is 5.32 Å². The number of aromatic nitrogens is 2. The van der Waals surface area contributed by atoms with Crippen molar-refractivity contribution >= 4 is 0 Å². The molecule has 0 saturated heterocycles. The predicted molar refractivity (Wildman–Crippen MR) is 70.7 cm³/mol. The third kappa shape index (κ3) is 3.17. The molecule has 2 rings (SSSR count).